The molecule has 0 N–H and O–H groups in total. The largest absolute Gasteiger partial charge is 0.573 e. The second-order valence-electron chi connectivity index (χ2n) is 8.16. The zero-order chi connectivity index (χ0) is 22.5. The first-order chi connectivity index (χ1) is 15.3. The van der Waals surface area contributed by atoms with Crippen molar-refractivity contribution in [2.45, 2.75) is 31.4 Å². The van der Waals surface area contributed by atoms with E-state index in [0.717, 1.165) is 25.0 Å². The Kier molecular flexibility index (Phi) is 4.98. The van der Waals surface area contributed by atoms with E-state index in [2.05, 4.69) is 4.74 Å². The fraction of sp³-hybridized carbons (Fsp3) is 0.391. The molecule has 0 bridgehead atoms. The van der Waals surface area contributed by atoms with E-state index in [1.54, 1.807) is 23.1 Å². The van der Waals surface area contributed by atoms with Crippen LogP contribution in [0.2, 0.25) is 0 Å². The Morgan fingerprint density at radius 3 is 2.34 bits per heavy atom. The van der Waals surface area contributed by atoms with E-state index in [1.807, 2.05) is 0 Å². The van der Waals surface area contributed by atoms with E-state index in [9.17, 15) is 22.8 Å². The molecule has 2 fully saturated rings. The Morgan fingerprint density at radius 2 is 1.72 bits per heavy atom. The Morgan fingerprint density at radius 1 is 1.06 bits per heavy atom. The summed E-state index contributed by atoms with van der Waals surface area (Å²) in [5.41, 5.74) is 1.63. The summed E-state index contributed by atoms with van der Waals surface area (Å²) in [5, 5.41) is 0. The average Bonchev–Trinajstić information content (AvgIpc) is 3.57. The highest BCUT2D eigenvalue weighted by atomic mass is 19.4. The number of benzene rings is 2. The van der Waals surface area contributed by atoms with Crippen molar-refractivity contribution >= 4 is 17.4 Å². The molecular formula is C23H20F3NO5. The maximum Gasteiger partial charge on any atom is 0.573 e. The van der Waals surface area contributed by atoms with Gasteiger partial charge in [-0.25, -0.2) is 0 Å². The number of hydrogen-bond acceptors (Lipinski definition) is 5. The fourth-order valence-corrected chi connectivity index (χ4v) is 4.10. The number of carbonyl (C=O) groups is 2. The third-order valence-corrected chi connectivity index (χ3v) is 5.82. The Labute approximate surface area is 181 Å². The third kappa shape index (κ3) is 3.75. The number of fused-ring (bicyclic) bond motifs is 2. The molecule has 32 heavy (non-hydrogen) atoms. The molecule has 0 aromatic heterocycles. The number of anilines is 1. The van der Waals surface area contributed by atoms with Crippen LogP contribution in [0, 0.1) is 5.92 Å². The predicted molar refractivity (Wildman–Crippen MR) is 106 cm³/mol. The number of alkyl halides is 3. The average molecular weight is 447 g/mol. The van der Waals surface area contributed by atoms with Crippen LogP contribution in [0.4, 0.5) is 18.9 Å². The smallest absolute Gasteiger partial charge is 0.406 e. The van der Waals surface area contributed by atoms with Crippen LogP contribution >= 0.6 is 0 Å². The van der Waals surface area contributed by atoms with Crippen LogP contribution < -0.4 is 9.64 Å². The zero-order valence-corrected chi connectivity index (χ0v) is 17.0. The molecule has 1 saturated heterocycles. The van der Waals surface area contributed by atoms with Crippen molar-refractivity contribution in [2.75, 3.05) is 24.7 Å². The van der Waals surface area contributed by atoms with E-state index in [-0.39, 0.29) is 17.0 Å². The lowest BCUT2D eigenvalue weighted by Gasteiger charge is -2.32. The minimum absolute atomic E-state index is 0.193. The van der Waals surface area contributed by atoms with Crippen LogP contribution in [0.25, 0.3) is 0 Å². The van der Waals surface area contributed by atoms with Crippen LogP contribution in [0.1, 0.15) is 40.7 Å². The van der Waals surface area contributed by atoms with Gasteiger partial charge in [0.1, 0.15) is 5.75 Å². The van der Waals surface area contributed by atoms with Gasteiger partial charge in [0.15, 0.2) is 5.78 Å². The van der Waals surface area contributed by atoms with Crippen molar-refractivity contribution in [2.24, 2.45) is 5.92 Å². The highest BCUT2D eigenvalue weighted by molar-refractivity contribution is 6.11. The van der Waals surface area contributed by atoms with E-state index in [0.29, 0.717) is 43.3 Å². The first-order valence-corrected chi connectivity index (χ1v) is 10.4. The van der Waals surface area contributed by atoms with Crippen molar-refractivity contribution in [3.63, 3.8) is 0 Å². The summed E-state index contributed by atoms with van der Waals surface area (Å²) in [6.45, 7) is 1.30. The standard InChI is InChI=1S/C23H20F3NO5/c24-23(25,26)32-17-7-4-15(5-8-17)20(28)16-6-9-19-18(12-16)22(30-10-1-11-31-22)21(29)27(19)13-14-2-3-14/h4-9,12,14H,1-3,10-11,13H2. The Bertz CT molecular complexity index is 1060. The summed E-state index contributed by atoms with van der Waals surface area (Å²) in [6, 6.07) is 9.62. The van der Waals surface area contributed by atoms with Crippen LogP contribution in [-0.2, 0) is 20.1 Å². The fourth-order valence-electron chi connectivity index (χ4n) is 4.10. The lowest BCUT2D eigenvalue weighted by Crippen LogP contribution is -2.47. The zero-order valence-electron chi connectivity index (χ0n) is 17.0. The molecule has 2 aliphatic heterocycles. The SMILES string of the molecule is O=C(c1ccc(OC(F)(F)F)cc1)c1ccc2c(c1)C1(OCCCO1)C(=O)N2CC1CC1. The van der Waals surface area contributed by atoms with Crippen LogP contribution in [-0.4, -0.2) is 37.8 Å². The van der Waals surface area contributed by atoms with Crippen molar-refractivity contribution in [1.29, 1.82) is 0 Å². The first kappa shape index (κ1) is 21.0. The van der Waals surface area contributed by atoms with E-state index < -0.39 is 23.7 Å². The van der Waals surface area contributed by atoms with E-state index in [1.165, 1.54) is 12.1 Å². The lowest BCUT2D eigenvalue weighted by atomic mass is 9.97. The maximum absolute atomic E-state index is 13.3. The van der Waals surface area contributed by atoms with Gasteiger partial charge in [0.25, 0.3) is 11.7 Å². The van der Waals surface area contributed by atoms with Gasteiger partial charge in [-0.3, -0.25) is 9.59 Å². The molecule has 0 radical (unpaired) electrons. The molecule has 168 valence electrons. The second kappa shape index (κ2) is 7.60. The summed E-state index contributed by atoms with van der Waals surface area (Å²) < 4.78 is 52.7. The van der Waals surface area contributed by atoms with E-state index in [4.69, 9.17) is 9.47 Å². The lowest BCUT2D eigenvalue weighted by molar-refractivity contribution is -0.274. The van der Waals surface area contributed by atoms with Gasteiger partial charge in [0.05, 0.1) is 18.9 Å². The molecule has 1 amide bonds. The summed E-state index contributed by atoms with van der Waals surface area (Å²) in [5.74, 6) is -2.19. The molecule has 0 unspecified atom stereocenters. The Balaban J connectivity index is 1.47. The molecule has 5 rings (SSSR count). The molecule has 2 heterocycles. The molecule has 2 aromatic rings. The molecule has 9 heteroatoms. The summed E-state index contributed by atoms with van der Waals surface area (Å²) in [4.78, 5) is 28.0. The molecular weight excluding hydrogens is 427 g/mol. The predicted octanol–water partition coefficient (Wildman–Crippen LogP) is 4.16. The summed E-state index contributed by atoms with van der Waals surface area (Å²) >= 11 is 0. The molecule has 3 aliphatic rings. The van der Waals surface area contributed by atoms with Crippen LogP contribution in [0.5, 0.6) is 5.75 Å². The van der Waals surface area contributed by atoms with E-state index >= 15 is 0 Å². The second-order valence-corrected chi connectivity index (χ2v) is 8.16. The van der Waals surface area contributed by atoms with Gasteiger partial charge < -0.3 is 19.1 Å². The molecule has 1 spiro atoms. The van der Waals surface area contributed by atoms with Crippen LogP contribution in [0.3, 0.4) is 0 Å². The quantitative estimate of drug-likeness (QED) is 0.644. The van der Waals surface area contributed by atoms with Crippen LogP contribution in [0.15, 0.2) is 42.5 Å². The first-order valence-electron chi connectivity index (χ1n) is 10.4. The molecule has 0 atom stereocenters. The molecule has 1 saturated carbocycles. The number of halogens is 3. The number of hydrogen-bond donors (Lipinski definition) is 0. The van der Waals surface area contributed by atoms with Gasteiger partial charge in [-0.15, -0.1) is 13.2 Å². The number of nitrogens with zero attached hydrogens (tertiary/aromatic N) is 1. The Hall–Kier alpha value is -2.91. The van der Waals surface area contributed by atoms with Gasteiger partial charge in [-0.2, -0.15) is 0 Å². The number of rotatable bonds is 5. The maximum atomic E-state index is 13.3. The summed E-state index contributed by atoms with van der Waals surface area (Å²) in [6.07, 6.45) is -2.01. The number of amides is 1. The van der Waals surface area contributed by atoms with Gasteiger partial charge >= 0.3 is 6.36 Å². The van der Waals surface area contributed by atoms with Gasteiger partial charge in [-0.1, -0.05) is 0 Å². The van der Waals surface area contributed by atoms with Crippen molar-refractivity contribution < 1.29 is 37.0 Å². The molecule has 2 aromatic carbocycles. The molecule has 6 nitrogen and oxygen atoms in total. The normalized spacial score (nSPS) is 19.8. The van der Waals surface area contributed by atoms with Crippen molar-refractivity contribution in [3.05, 3.63) is 59.2 Å². The van der Waals surface area contributed by atoms with Gasteiger partial charge in [0.2, 0.25) is 0 Å². The number of carbonyl (C=O) groups excluding carboxylic acids is 2. The van der Waals surface area contributed by atoms with Crippen molar-refractivity contribution in [3.8, 4) is 5.75 Å². The number of ether oxygens (including phenoxy) is 3. The topological polar surface area (TPSA) is 65.1 Å². The number of ketones is 1. The minimum Gasteiger partial charge on any atom is -0.406 e. The highest BCUT2D eigenvalue weighted by Gasteiger charge is 2.55. The van der Waals surface area contributed by atoms with Gasteiger partial charge in [-0.05, 0) is 67.6 Å². The molecule has 1 aliphatic carbocycles. The van der Waals surface area contributed by atoms with Gasteiger partial charge in [0, 0.05) is 23.2 Å². The van der Waals surface area contributed by atoms with Crippen molar-refractivity contribution in [1.82, 2.24) is 0 Å². The summed E-state index contributed by atoms with van der Waals surface area (Å²) in [7, 11) is 0. The highest BCUT2D eigenvalue weighted by Crippen LogP contribution is 2.47. The third-order valence-electron chi connectivity index (χ3n) is 5.82. The minimum atomic E-state index is -4.81. The monoisotopic (exact) mass is 447 g/mol.